The summed E-state index contributed by atoms with van der Waals surface area (Å²) in [4.78, 5) is 26.1. The lowest BCUT2D eigenvalue weighted by atomic mass is 9.84. The number of anilines is 1. The van der Waals surface area contributed by atoms with E-state index in [1.807, 2.05) is 18.2 Å². The van der Waals surface area contributed by atoms with Gasteiger partial charge in [0, 0.05) is 29.6 Å². The van der Waals surface area contributed by atoms with E-state index in [4.69, 9.17) is 16.3 Å². The first-order valence-electron chi connectivity index (χ1n) is 9.04. The first kappa shape index (κ1) is 19.4. The molecule has 4 nitrogen and oxygen atoms in total. The van der Waals surface area contributed by atoms with E-state index in [1.165, 1.54) is 12.5 Å². The average molecular weight is 386 g/mol. The molecule has 0 aliphatic carbocycles. The number of fused-ring (bicyclic) bond motifs is 1. The summed E-state index contributed by atoms with van der Waals surface area (Å²) in [5.74, 6) is -0.436. The second-order valence-corrected chi connectivity index (χ2v) is 8.25. The highest BCUT2D eigenvalue weighted by molar-refractivity contribution is 6.32. The number of esters is 1. The summed E-state index contributed by atoms with van der Waals surface area (Å²) in [6, 6.07) is 11.5. The second kappa shape index (κ2) is 7.35. The standard InChI is InChI=1S/C22H24ClNO3/c1-14(25)27-13-18-19(23)6-5-7-20(18)24-11-10-15-12-16(22(2,3)4)8-9-17(15)21(24)26/h5-9,12H,10-11,13H2,1-4H3. The maximum absolute atomic E-state index is 13.2. The van der Waals surface area contributed by atoms with Gasteiger partial charge in [-0.15, -0.1) is 0 Å². The molecule has 0 N–H and O–H groups in total. The Morgan fingerprint density at radius 2 is 1.96 bits per heavy atom. The fourth-order valence-corrected chi connectivity index (χ4v) is 3.53. The van der Waals surface area contributed by atoms with Crippen LogP contribution in [-0.2, 0) is 28.0 Å². The minimum atomic E-state index is -0.383. The number of ether oxygens (including phenoxy) is 1. The van der Waals surface area contributed by atoms with Crippen LogP contribution in [0.1, 0.15) is 54.7 Å². The predicted octanol–water partition coefficient (Wildman–Crippen LogP) is 4.90. The summed E-state index contributed by atoms with van der Waals surface area (Å²) in [5.41, 5.74) is 4.40. The topological polar surface area (TPSA) is 46.6 Å². The molecule has 0 unspecified atom stereocenters. The van der Waals surface area contributed by atoms with E-state index < -0.39 is 0 Å². The Bertz CT molecular complexity index is 899. The SMILES string of the molecule is CC(=O)OCc1c(Cl)cccc1N1CCc2cc(C(C)(C)C)ccc2C1=O. The number of halogens is 1. The van der Waals surface area contributed by atoms with Crippen molar-refractivity contribution in [2.75, 3.05) is 11.4 Å². The van der Waals surface area contributed by atoms with E-state index in [-0.39, 0.29) is 23.9 Å². The zero-order valence-corrected chi connectivity index (χ0v) is 16.9. The summed E-state index contributed by atoms with van der Waals surface area (Å²) < 4.78 is 5.14. The van der Waals surface area contributed by atoms with E-state index in [2.05, 4.69) is 26.8 Å². The third-order valence-corrected chi connectivity index (χ3v) is 5.21. The second-order valence-electron chi connectivity index (χ2n) is 7.85. The molecule has 1 aliphatic heterocycles. The van der Waals surface area contributed by atoms with Crippen LogP contribution in [-0.4, -0.2) is 18.4 Å². The zero-order valence-electron chi connectivity index (χ0n) is 16.1. The van der Waals surface area contributed by atoms with Crippen LogP contribution in [0, 0.1) is 0 Å². The van der Waals surface area contributed by atoms with Gasteiger partial charge in [-0.2, -0.15) is 0 Å². The van der Waals surface area contributed by atoms with Crippen molar-refractivity contribution in [2.45, 2.75) is 46.1 Å². The lowest BCUT2D eigenvalue weighted by Crippen LogP contribution is -2.38. The van der Waals surface area contributed by atoms with Crippen molar-refractivity contribution in [3.8, 4) is 0 Å². The van der Waals surface area contributed by atoms with Gasteiger partial charge in [0.15, 0.2) is 0 Å². The van der Waals surface area contributed by atoms with Gasteiger partial charge in [-0.25, -0.2) is 0 Å². The number of carbonyl (C=O) groups is 2. The Labute approximate surface area is 165 Å². The van der Waals surface area contributed by atoms with E-state index in [0.29, 0.717) is 28.4 Å². The molecule has 2 aromatic carbocycles. The fourth-order valence-electron chi connectivity index (χ4n) is 3.30. The molecule has 0 fully saturated rings. The molecule has 27 heavy (non-hydrogen) atoms. The largest absolute Gasteiger partial charge is 0.461 e. The number of rotatable bonds is 3. The summed E-state index contributed by atoms with van der Waals surface area (Å²) in [5, 5.41) is 0.482. The van der Waals surface area contributed by atoms with Gasteiger partial charge in [-0.3, -0.25) is 9.59 Å². The number of hydrogen-bond donors (Lipinski definition) is 0. The van der Waals surface area contributed by atoms with E-state index in [0.717, 1.165) is 12.0 Å². The van der Waals surface area contributed by atoms with Gasteiger partial charge >= 0.3 is 5.97 Å². The number of amides is 1. The van der Waals surface area contributed by atoms with Crippen LogP contribution in [0.25, 0.3) is 0 Å². The first-order chi connectivity index (χ1) is 12.7. The minimum Gasteiger partial charge on any atom is -0.461 e. The van der Waals surface area contributed by atoms with Crippen molar-refractivity contribution in [2.24, 2.45) is 0 Å². The van der Waals surface area contributed by atoms with Gasteiger partial charge < -0.3 is 9.64 Å². The Kier molecular flexibility index (Phi) is 5.29. The van der Waals surface area contributed by atoms with Gasteiger partial charge in [-0.1, -0.05) is 50.6 Å². The van der Waals surface area contributed by atoms with Gasteiger partial charge in [0.05, 0.1) is 5.69 Å². The molecule has 0 spiro atoms. The molecule has 0 atom stereocenters. The van der Waals surface area contributed by atoms with Crippen LogP contribution in [0.5, 0.6) is 0 Å². The van der Waals surface area contributed by atoms with Crippen LogP contribution in [0.4, 0.5) is 5.69 Å². The third-order valence-electron chi connectivity index (χ3n) is 4.86. The van der Waals surface area contributed by atoms with Crippen molar-refractivity contribution in [1.82, 2.24) is 0 Å². The van der Waals surface area contributed by atoms with Crippen molar-refractivity contribution in [3.05, 3.63) is 63.7 Å². The fraction of sp³-hybridized carbons (Fsp3) is 0.364. The summed E-state index contributed by atoms with van der Waals surface area (Å²) >= 11 is 6.32. The van der Waals surface area contributed by atoms with Gasteiger partial charge in [-0.05, 0) is 41.2 Å². The minimum absolute atomic E-state index is 0.0410. The van der Waals surface area contributed by atoms with Crippen LogP contribution < -0.4 is 4.90 Å². The van der Waals surface area contributed by atoms with Crippen molar-refractivity contribution in [1.29, 1.82) is 0 Å². The quantitative estimate of drug-likeness (QED) is 0.705. The zero-order chi connectivity index (χ0) is 19.8. The molecule has 0 saturated carbocycles. The molecule has 0 saturated heterocycles. The monoisotopic (exact) mass is 385 g/mol. The normalized spacial score (nSPS) is 14.1. The smallest absolute Gasteiger partial charge is 0.302 e. The maximum atomic E-state index is 13.2. The number of carbonyl (C=O) groups excluding carboxylic acids is 2. The van der Waals surface area contributed by atoms with Crippen molar-refractivity contribution < 1.29 is 14.3 Å². The first-order valence-corrected chi connectivity index (χ1v) is 9.42. The summed E-state index contributed by atoms with van der Waals surface area (Å²) in [6.07, 6.45) is 0.768. The Morgan fingerprint density at radius 1 is 1.22 bits per heavy atom. The molecule has 0 aromatic heterocycles. The van der Waals surface area contributed by atoms with Crippen LogP contribution in [0.15, 0.2) is 36.4 Å². The highest BCUT2D eigenvalue weighted by atomic mass is 35.5. The molecule has 142 valence electrons. The van der Waals surface area contributed by atoms with Crippen molar-refractivity contribution >= 4 is 29.2 Å². The molecule has 3 rings (SSSR count). The molecule has 0 radical (unpaired) electrons. The van der Waals surface area contributed by atoms with E-state index in [9.17, 15) is 9.59 Å². The number of hydrogen-bond acceptors (Lipinski definition) is 3. The van der Waals surface area contributed by atoms with Crippen LogP contribution in [0.3, 0.4) is 0 Å². The number of nitrogens with zero attached hydrogens (tertiary/aromatic N) is 1. The lowest BCUT2D eigenvalue weighted by molar-refractivity contribution is -0.142. The number of benzene rings is 2. The molecule has 5 heteroatoms. The average Bonchev–Trinajstić information content (AvgIpc) is 2.60. The van der Waals surface area contributed by atoms with Gasteiger partial charge in [0.1, 0.15) is 6.61 Å². The molecule has 0 bridgehead atoms. The predicted molar refractivity (Wildman–Crippen MR) is 107 cm³/mol. The van der Waals surface area contributed by atoms with Crippen LogP contribution in [0.2, 0.25) is 5.02 Å². The molecular formula is C22H24ClNO3. The van der Waals surface area contributed by atoms with Gasteiger partial charge in [0.25, 0.3) is 5.91 Å². The molecule has 1 amide bonds. The lowest BCUT2D eigenvalue weighted by Gasteiger charge is -2.31. The molecule has 1 aliphatic rings. The Hall–Kier alpha value is -2.33. The van der Waals surface area contributed by atoms with Gasteiger partial charge in [0.2, 0.25) is 0 Å². The summed E-state index contributed by atoms with van der Waals surface area (Å²) in [7, 11) is 0. The summed E-state index contributed by atoms with van der Waals surface area (Å²) in [6.45, 7) is 8.46. The molecule has 2 aromatic rings. The highest BCUT2D eigenvalue weighted by Crippen LogP contribution is 2.33. The van der Waals surface area contributed by atoms with E-state index >= 15 is 0 Å². The highest BCUT2D eigenvalue weighted by Gasteiger charge is 2.29. The Balaban J connectivity index is 1.96. The van der Waals surface area contributed by atoms with Crippen LogP contribution >= 0.6 is 11.6 Å². The Morgan fingerprint density at radius 3 is 2.63 bits per heavy atom. The molecule has 1 heterocycles. The van der Waals surface area contributed by atoms with Crippen molar-refractivity contribution in [3.63, 3.8) is 0 Å². The molecular weight excluding hydrogens is 362 g/mol. The maximum Gasteiger partial charge on any atom is 0.302 e. The third kappa shape index (κ3) is 4.01. The van der Waals surface area contributed by atoms with E-state index in [1.54, 1.807) is 17.0 Å².